The Morgan fingerprint density at radius 3 is 2.16 bits per heavy atom. The largest absolute Gasteiger partial charge is 0.103 e. The Hall–Kier alpha value is -0.780. The molecule has 0 nitrogen and oxygen atoms in total. The van der Waals surface area contributed by atoms with Gasteiger partial charge in [0.05, 0.1) is 0 Å². The monoisotopic (exact) mass is 262 g/mol. The smallest absolute Gasteiger partial charge is 0.0134 e. The second-order valence-corrected chi connectivity index (χ2v) is 5.45. The number of allylic oxidation sites excluding steroid dienone is 5. The molecule has 110 valence electrons. The highest BCUT2D eigenvalue weighted by atomic mass is 14.3. The quantitative estimate of drug-likeness (QED) is 0.309. The fraction of sp³-hybridized carbons (Fsp3) is 0.684. The van der Waals surface area contributed by atoms with Gasteiger partial charge in [0.15, 0.2) is 0 Å². The minimum atomic E-state index is 0.709. The zero-order chi connectivity index (χ0) is 14.7. The molecule has 0 aliphatic carbocycles. The van der Waals surface area contributed by atoms with Gasteiger partial charge in [-0.3, -0.25) is 0 Å². The van der Waals surface area contributed by atoms with Crippen molar-refractivity contribution in [1.29, 1.82) is 0 Å². The van der Waals surface area contributed by atoms with Gasteiger partial charge in [0.1, 0.15) is 0 Å². The Bertz CT molecular complexity index is 282. The molecule has 0 radical (unpaired) electrons. The molecular formula is C19H34. The lowest BCUT2D eigenvalue weighted by atomic mass is 9.72. The first-order valence-corrected chi connectivity index (χ1v) is 8.09. The molecule has 0 aliphatic heterocycles. The third kappa shape index (κ3) is 5.80. The first kappa shape index (κ1) is 18.2. The van der Waals surface area contributed by atoms with Crippen molar-refractivity contribution >= 4 is 0 Å². The van der Waals surface area contributed by atoms with Crippen molar-refractivity contribution in [2.24, 2.45) is 17.8 Å². The molecule has 0 heterocycles. The summed E-state index contributed by atoms with van der Waals surface area (Å²) in [5, 5.41) is 0. The predicted octanol–water partition coefficient (Wildman–Crippen LogP) is 6.55. The van der Waals surface area contributed by atoms with Crippen LogP contribution in [0, 0.1) is 17.8 Å². The molecule has 0 aliphatic rings. The van der Waals surface area contributed by atoms with E-state index in [2.05, 4.69) is 65.5 Å². The van der Waals surface area contributed by atoms with Crippen molar-refractivity contribution < 1.29 is 0 Å². The van der Waals surface area contributed by atoms with Crippen LogP contribution >= 0.6 is 0 Å². The molecule has 3 unspecified atom stereocenters. The van der Waals surface area contributed by atoms with Crippen LogP contribution in [-0.4, -0.2) is 0 Å². The van der Waals surface area contributed by atoms with E-state index in [1.54, 1.807) is 0 Å². The zero-order valence-corrected chi connectivity index (χ0v) is 13.8. The molecule has 19 heavy (non-hydrogen) atoms. The van der Waals surface area contributed by atoms with E-state index in [4.69, 9.17) is 0 Å². The van der Waals surface area contributed by atoms with Crippen LogP contribution in [0.5, 0.6) is 0 Å². The molecule has 0 amide bonds. The summed E-state index contributed by atoms with van der Waals surface area (Å²) < 4.78 is 0. The van der Waals surface area contributed by atoms with Gasteiger partial charge in [0.25, 0.3) is 0 Å². The van der Waals surface area contributed by atoms with Crippen LogP contribution in [0.25, 0.3) is 0 Å². The van der Waals surface area contributed by atoms with Gasteiger partial charge in [-0.25, -0.2) is 0 Å². The van der Waals surface area contributed by atoms with Gasteiger partial charge >= 0.3 is 0 Å². The molecule has 0 saturated carbocycles. The predicted molar refractivity (Wildman–Crippen MR) is 89.3 cm³/mol. The SMILES string of the molecule is C=CCC(CC)C(CC)C(CCC)C(/C=C\C)=C/C. The van der Waals surface area contributed by atoms with Gasteiger partial charge in [-0.15, -0.1) is 6.58 Å². The molecule has 0 N–H and O–H groups in total. The van der Waals surface area contributed by atoms with E-state index in [1.807, 2.05) is 0 Å². The summed E-state index contributed by atoms with van der Waals surface area (Å²) in [6.45, 7) is 15.2. The van der Waals surface area contributed by atoms with Crippen LogP contribution in [0.4, 0.5) is 0 Å². The molecular weight excluding hydrogens is 228 g/mol. The summed E-state index contributed by atoms with van der Waals surface area (Å²) in [6.07, 6.45) is 15.2. The number of hydrogen-bond donors (Lipinski definition) is 0. The number of rotatable bonds is 10. The Morgan fingerprint density at radius 1 is 1.11 bits per heavy atom. The number of hydrogen-bond acceptors (Lipinski definition) is 0. The molecule has 0 bridgehead atoms. The lowest BCUT2D eigenvalue weighted by molar-refractivity contribution is 0.230. The first-order valence-electron chi connectivity index (χ1n) is 8.09. The van der Waals surface area contributed by atoms with Crippen molar-refractivity contribution in [3.63, 3.8) is 0 Å². The van der Waals surface area contributed by atoms with Crippen LogP contribution in [0.2, 0.25) is 0 Å². The minimum Gasteiger partial charge on any atom is -0.103 e. The Balaban J connectivity index is 5.22. The summed E-state index contributed by atoms with van der Waals surface area (Å²) in [4.78, 5) is 0. The lowest BCUT2D eigenvalue weighted by Crippen LogP contribution is -2.24. The third-order valence-corrected chi connectivity index (χ3v) is 4.31. The van der Waals surface area contributed by atoms with Gasteiger partial charge < -0.3 is 0 Å². The Morgan fingerprint density at radius 2 is 1.79 bits per heavy atom. The zero-order valence-electron chi connectivity index (χ0n) is 13.8. The standard InChI is InChI=1S/C19H34/c1-7-13-16(10-4)18(12-6)19(15-9-3)17(11-5)14-8-2/h7-8,11,14,16,18-19H,1,9-10,12-13,15H2,2-6H3/b14-8-,17-11+. The van der Waals surface area contributed by atoms with Crippen LogP contribution < -0.4 is 0 Å². The van der Waals surface area contributed by atoms with Gasteiger partial charge in [0.2, 0.25) is 0 Å². The van der Waals surface area contributed by atoms with Gasteiger partial charge in [-0.2, -0.15) is 0 Å². The Labute approximate surface area is 121 Å². The molecule has 0 aromatic heterocycles. The van der Waals surface area contributed by atoms with Crippen molar-refractivity contribution in [1.82, 2.24) is 0 Å². The summed E-state index contributed by atoms with van der Waals surface area (Å²) in [5.41, 5.74) is 1.53. The maximum Gasteiger partial charge on any atom is -0.0134 e. The maximum atomic E-state index is 3.94. The van der Waals surface area contributed by atoms with E-state index in [-0.39, 0.29) is 0 Å². The van der Waals surface area contributed by atoms with E-state index < -0.39 is 0 Å². The first-order chi connectivity index (χ1) is 9.19. The van der Waals surface area contributed by atoms with Crippen LogP contribution in [0.3, 0.4) is 0 Å². The van der Waals surface area contributed by atoms with Crippen LogP contribution in [-0.2, 0) is 0 Å². The van der Waals surface area contributed by atoms with E-state index in [0.717, 1.165) is 18.3 Å². The fourth-order valence-corrected chi connectivity index (χ4v) is 3.37. The summed E-state index contributed by atoms with van der Waals surface area (Å²) in [5.74, 6) is 2.27. The highest BCUT2D eigenvalue weighted by molar-refractivity contribution is 5.22. The van der Waals surface area contributed by atoms with E-state index in [0.29, 0.717) is 5.92 Å². The second kappa shape index (κ2) is 11.1. The van der Waals surface area contributed by atoms with Crippen molar-refractivity contribution in [2.75, 3.05) is 0 Å². The minimum absolute atomic E-state index is 0.709. The molecule has 0 saturated heterocycles. The van der Waals surface area contributed by atoms with Crippen LogP contribution in [0.1, 0.15) is 66.7 Å². The van der Waals surface area contributed by atoms with Crippen molar-refractivity contribution in [2.45, 2.75) is 66.7 Å². The highest BCUT2D eigenvalue weighted by Crippen LogP contribution is 2.37. The van der Waals surface area contributed by atoms with Crippen LogP contribution in [0.15, 0.2) is 36.5 Å². The Kier molecular flexibility index (Phi) is 10.6. The van der Waals surface area contributed by atoms with Gasteiger partial charge in [-0.05, 0) is 50.0 Å². The second-order valence-electron chi connectivity index (χ2n) is 5.45. The third-order valence-electron chi connectivity index (χ3n) is 4.31. The van der Waals surface area contributed by atoms with Crippen molar-refractivity contribution in [3.05, 3.63) is 36.5 Å². The topological polar surface area (TPSA) is 0 Å². The molecule has 0 heteroatoms. The van der Waals surface area contributed by atoms with Crippen molar-refractivity contribution in [3.8, 4) is 0 Å². The van der Waals surface area contributed by atoms with Gasteiger partial charge in [-0.1, -0.05) is 64.3 Å². The molecule has 0 aromatic rings. The van der Waals surface area contributed by atoms with E-state index in [1.165, 1.54) is 31.3 Å². The normalized spacial score (nSPS) is 17.4. The van der Waals surface area contributed by atoms with E-state index >= 15 is 0 Å². The summed E-state index contributed by atoms with van der Waals surface area (Å²) in [6, 6.07) is 0. The average Bonchev–Trinajstić information content (AvgIpc) is 2.43. The molecule has 0 rings (SSSR count). The fourth-order valence-electron chi connectivity index (χ4n) is 3.37. The summed E-state index contributed by atoms with van der Waals surface area (Å²) in [7, 11) is 0. The highest BCUT2D eigenvalue weighted by Gasteiger charge is 2.27. The lowest BCUT2D eigenvalue weighted by Gasteiger charge is -2.33. The summed E-state index contributed by atoms with van der Waals surface area (Å²) >= 11 is 0. The average molecular weight is 262 g/mol. The molecule has 0 spiro atoms. The molecule has 3 atom stereocenters. The maximum absolute atomic E-state index is 3.94. The van der Waals surface area contributed by atoms with Gasteiger partial charge in [0, 0.05) is 0 Å². The van der Waals surface area contributed by atoms with E-state index in [9.17, 15) is 0 Å². The molecule has 0 aromatic carbocycles. The molecule has 0 fully saturated rings.